The number of guanidine groups is 1. The number of benzene rings is 2. The molecular formula is C19H24ClIN4O2. The van der Waals surface area contributed by atoms with E-state index in [1.54, 1.807) is 13.1 Å². The first-order valence-electron chi connectivity index (χ1n) is 8.20. The lowest BCUT2D eigenvalue weighted by Crippen LogP contribution is -2.38. The van der Waals surface area contributed by atoms with Crippen molar-refractivity contribution in [2.45, 2.75) is 19.5 Å². The smallest absolute Gasteiger partial charge is 0.255 e. The monoisotopic (exact) mass is 502 g/mol. The van der Waals surface area contributed by atoms with Crippen molar-refractivity contribution in [3.8, 4) is 5.75 Å². The second kappa shape index (κ2) is 11.7. The molecule has 0 fully saturated rings. The summed E-state index contributed by atoms with van der Waals surface area (Å²) in [4.78, 5) is 15.0. The van der Waals surface area contributed by atoms with Gasteiger partial charge in [0, 0.05) is 18.6 Å². The van der Waals surface area contributed by atoms with E-state index in [2.05, 4.69) is 15.6 Å². The Hall–Kier alpha value is -2.00. The van der Waals surface area contributed by atoms with Crippen LogP contribution in [0.2, 0.25) is 5.02 Å². The van der Waals surface area contributed by atoms with Crippen molar-refractivity contribution in [1.29, 1.82) is 0 Å². The first-order chi connectivity index (χ1) is 12.5. The van der Waals surface area contributed by atoms with Gasteiger partial charge in [-0.3, -0.25) is 9.79 Å². The fraction of sp³-hybridized carbons (Fsp3) is 0.263. The number of aliphatic imine (C=N–C) groups is 1. The average molecular weight is 503 g/mol. The van der Waals surface area contributed by atoms with Gasteiger partial charge in [-0.05, 0) is 42.3 Å². The number of amides is 1. The Kier molecular flexibility index (Phi) is 9.95. The number of ether oxygens (including phenoxy) is 1. The molecule has 0 aliphatic rings. The molecule has 0 aliphatic heterocycles. The summed E-state index contributed by atoms with van der Waals surface area (Å²) >= 11 is 6.05. The van der Waals surface area contributed by atoms with E-state index in [1.165, 1.54) is 0 Å². The van der Waals surface area contributed by atoms with Gasteiger partial charge in [0.25, 0.3) is 5.91 Å². The molecule has 2 rings (SSSR count). The van der Waals surface area contributed by atoms with Crippen molar-refractivity contribution in [3.05, 3.63) is 64.7 Å². The van der Waals surface area contributed by atoms with Gasteiger partial charge in [-0.1, -0.05) is 35.9 Å². The number of carbonyl (C=O) groups excluding carboxylic acids is 1. The van der Waals surface area contributed by atoms with E-state index >= 15 is 0 Å². The topological polar surface area (TPSA) is 88.7 Å². The molecule has 0 saturated carbocycles. The Balaban J connectivity index is 0.00000364. The molecule has 0 spiro atoms. The van der Waals surface area contributed by atoms with Crippen LogP contribution in [0.1, 0.15) is 24.1 Å². The highest BCUT2D eigenvalue weighted by Gasteiger charge is 2.08. The highest BCUT2D eigenvalue weighted by molar-refractivity contribution is 14.0. The van der Waals surface area contributed by atoms with Crippen molar-refractivity contribution in [1.82, 2.24) is 10.6 Å². The number of rotatable bonds is 7. The van der Waals surface area contributed by atoms with Gasteiger partial charge in [-0.25, -0.2) is 0 Å². The van der Waals surface area contributed by atoms with Crippen LogP contribution in [0.4, 0.5) is 0 Å². The Morgan fingerprint density at radius 1 is 1.26 bits per heavy atom. The van der Waals surface area contributed by atoms with Crippen LogP contribution in [0, 0.1) is 0 Å². The molecule has 4 N–H and O–H groups in total. The summed E-state index contributed by atoms with van der Waals surface area (Å²) in [5, 5.41) is 7.28. The SMILES string of the molecule is CN=C(NCc1cccc(OCC(N)=O)c1)NC(C)c1cccc(Cl)c1.I. The van der Waals surface area contributed by atoms with Gasteiger partial charge < -0.3 is 21.1 Å². The lowest BCUT2D eigenvalue weighted by Gasteiger charge is -2.18. The maximum absolute atomic E-state index is 10.8. The number of nitrogens with zero attached hydrogens (tertiary/aromatic N) is 1. The molecule has 0 heterocycles. The number of hydrogen-bond acceptors (Lipinski definition) is 3. The largest absolute Gasteiger partial charge is 0.484 e. The molecule has 146 valence electrons. The van der Waals surface area contributed by atoms with Crippen molar-refractivity contribution in [2.24, 2.45) is 10.7 Å². The van der Waals surface area contributed by atoms with E-state index < -0.39 is 5.91 Å². The van der Waals surface area contributed by atoms with Gasteiger partial charge in [0.05, 0.1) is 6.04 Å². The Morgan fingerprint density at radius 2 is 2.00 bits per heavy atom. The minimum atomic E-state index is -0.506. The van der Waals surface area contributed by atoms with Gasteiger partial charge in [0.2, 0.25) is 0 Å². The molecule has 2 aromatic carbocycles. The van der Waals surface area contributed by atoms with Crippen LogP contribution in [0.25, 0.3) is 0 Å². The Bertz CT molecular complexity index is 786. The molecule has 6 nitrogen and oxygen atoms in total. The molecule has 0 saturated heterocycles. The van der Waals surface area contributed by atoms with Gasteiger partial charge >= 0.3 is 0 Å². The van der Waals surface area contributed by atoms with Crippen LogP contribution >= 0.6 is 35.6 Å². The predicted molar refractivity (Wildman–Crippen MR) is 120 cm³/mol. The van der Waals surface area contributed by atoms with E-state index in [4.69, 9.17) is 22.1 Å². The second-order valence-electron chi connectivity index (χ2n) is 5.75. The zero-order valence-corrected chi connectivity index (χ0v) is 18.3. The maximum Gasteiger partial charge on any atom is 0.255 e. The summed E-state index contributed by atoms with van der Waals surface area (Å²) < 4.78 is 5.31. The van der Waals surface area contributed by atoms with Crippen molar-refractivity contribution in [3.63, 3.8) is 0 Å². The van der Waals surface area contributed by atoms with Gasteiger partial charge in [-0.15, -0.1) is 24.0 Å². The summed E-state index contributed by atoms with van der Waals surface area (Å²) in [6.07, 6.45) is 0. The number of halogens is 2. The van der Waals surface area contributed by atoms with E-state index in [9.17, 15) is 4.79 Å². The average Bonchev–Trinajstić information content (AvgIpc) is 2.63. The summed E-state index contributed by atoms with van der Waals surface area (Å²) in [5.74, 6) is 0.757. The number of hydrogen-bond donors (Lipinski definition) is 3. The molecule has 27 heavy (non-hydrogen) atoms. The number of nitrogens with one attached hydrogen (secondary N) is 2. The third-order valence-corrected chi connectivity index (χ3v) is 3.90. The first kappa shape index (κ1) is 23.0. The fourth-order valence-electron chi connectivity index (χ4n) is 2.34. The zero-order chi connectivity index (χ0) is 18.9. The lowest BCUT2D eigenvalue weighted by atomic mass is 10.1. The molecule has 1 unspecified atom stereocenters. The summed E-state index contributed by atoms with van der Waals surface area (Å²) in [7, 11) is 1.71. The molecule has 0 radical (unpaired) electrons. The van der Waals surface area contributed by atoms with Gasteiger partial charge in [0.1, 0.15) is 5.75 Å². The second-order valence-corrected chi connectivity index (χ2v) is 6.19. The number of carbonyl (C=O) groups is 1. The van der Waals surface area contributed by atoms with E-state index in [0.717, 1.165) is 11.1 Å². The fourth-order valence-corrected chi connectivity index (χ4v) is 2.54. The normalized spacial score (nSPS) is 11.9. The van der Waals surface area contributed by atoms with Crippen molar-refractivity contribution >= 4 is 47.4 Å². The quantitative estimate of drug-likeness (QED) is 0.308. The summed E-state index contributed by atoms with van der Waals surface area (Å²) in [5.41, 5.74) is 7.15. The van der Waals surface area contributed by atoms with E-state index in [0.29, 0.717) is 23.3 Å². The third-order valence-electron chi connectivity index (χ3n) is 3.67. The molecule has 2 aromatic rings. The molecule has 8 heteroatoms. The van der Waals surface area contributed by atoms with E-state index in [-0.39, 0.29) is 36.6 Å². The minimum absolute atomic E-state index is 0. The summed E-state index contributed by atoms with van der Waals surface area (Å²) in [6.45, 7) is 2.45. The molecule has 0 bridgehead atoms. The van der Waals surface area contributed by atoms with Crippen LogP contribution < -0.4 is 21.1 Å². The highest BCUT2D eigenvalue weighted by Crippen LogP contribution is 2.17. The Morgan fingerprint density at radius 3 is 2.67 bits per heavy atom. The molecular weight excluding hydrogens is 479 g/mol. The lowest BCUT2D eigenvalue weighted by molar-refractivity contribution is -0.119. The number of nitrogens with two attached hydrogens (primary N) is 1. The van der Waals surface area contributed by atoms with Crippen LogP contribution in [0.15, 0.2) is 53.5 Å². The van der Waals surface area contributed by atoms with Crippen LogP contribution in [-0.2, 0) is 11.3 Å². The van der Waals surface area contributed by atoms with Crippen LogP contribution in [0.5, 0.6) is 5.75 Å². The van der Waals surface area contributed by atoms with E-state index in [1.807, 2.05) is 49.4 Å². The zero-order valence-electron chi connectivity index (χ0n) is 15.2. The third kappa shape index (κ3) is 8.04. The maximum atomic E-state index is 10.8. The number of primary amides is 1. The molecule has 1 atom stereocenters. The Labute approximate surface area is 181 Å². The van der Waals surface area contributed by atoms with Crippen LogP contribution in [-0.4, -0.2) is 25.5 Å². The van der Waals surface area contributed by atoms with Crippen LogP contribution in [0.3, 0.4) is 0 Å². The molecule has 0 aliphatic carbocycles. The predicted octanol–water partition coefficient (Wildman–Crippen LogP) is 3.25. The standard InChI is InChI=1S/C19H23ClN4O2.HI/c1-13(15-6-4-7-16(20)10-15)24-19(22-2)23-11-14-5-3-8-17(9-14)26-12-18(21)25;/h3-10,13H,11-12H2,1-2H3,(H2,21,25)(H2,22,23,24);1H. The molecule has 0 aromatic heterocycles. The summed E-state index contributed by atoms with van der Waals surface area (Å²) in [6, 6.07) is 15.2. The minimum Gasteiger partial charge on any atom is -0.484 e. The van der Waals surface area contributed by atoms with Crippen molar-refractivity contribution in [2.75, 3.05) is 13.7 Å². The first-order valence-corrected chi connectivity index (χ1v) is 8.58. The van der Waals surface area contributed by atoms with Gasteiger partial charge in [0.15, 0.2) is 12.6 Å². The van der Waals surface area contributed by atoms with Gasteiger partial charge in [-0.2, -0.15) is 0 Å². The molecule has 1 amide bonds. The highest BCUT2D eigenvalue weighted by atomic mass is 127. The van der Waals surface area contributed by atoms with Crippen molar-refractivity contribution < 1.29 is 9.53 Å².